The summed E-state index contributed by atoms with van der Waals surface area (Å²) in [7, 11) is 0. The number of allylic oxidation sites excluding steroid dienone is 8. The van der Waals surface area contributed by atoms with Crippen molar-refractivity contribution in [2.45, 2.75) is 94.9 Å². The SMILES string of the molecule is C=C(/C=C(\C)c1ccc(C(=C)C)cn1)/C(C)=C(\C=C/C)c1ccc(C)c(C)c1.CC.CC1CCC(C)CC1. The van der Waals surface area contributed by atoms with E-state index >= 15 is 0 Å². The summed E-state index contributed by atoms with van der Waals surface area (Å²) in [5.74, 6) is 2.04. The molecule has 1 aliphatic carbocycles. The molecule has 1 saturated carbocycles. The first-order chi connectivity index (χ1) is 18.0. The molecule has 206 valence electrons. The molecule has 0 atom stereocenters. The fourth-order valence-corrected chi connectivity index (χ4v) is 4.44. The monoisotopic (exact) mass is 511 g/mol. The summed E-state index contributed by atoms with van der Waals surface area (Å²) in [6.07, 6.45) is 14.1. The van der Waals surface area contributed by atoms with Crippen LogP contribution in [0.15, 0.2) is 79.1 Å². The molecule has 0 aliphatic heterocycles. The van der Waals surface area contributed by atoms with Crippen LogP contribution in [0.1, 0.15) is 109 Å². The molecular weight excluding hydrogens is 458 g/mol. The van der Waals surface area contributed by atoms with Crippen LogP contribution in [0.5, 0.6) is 0 Å². The number of pyridine rings is 1. The quantitative estimate of drug-likeness (QED) is 0.351. The van der Waals surface area contributed by atoms with Crippen molar-refractivity contribution in [3.05, 3.63) is 107 Å². The predicted octanol–water partition coefficient (Wildman–Crippen LogP) is 11.6. The molecule has 1 heteroatoms. The van der Waals surface area contributed by atoms with E-state index in [0.717, 1.165) is 39.8 Å². The smallest absolute Gasteiger partial charge is 0.0659 e. The van der Waals surface area contributed by atoms with E-state index in [9.17, 15) is 0 Å². The molecule has 0 N–H and O–H groups in total. The third kappa shape index (κ3) is 10.4. The zero-order chi connectivity index (χ0) is 28.8. The van der Waals surface area contributed by atoms with Gasteiger partial charge in [-0.15, -0.1) is 0 Å². The molecule has 0 bridgehead atoms. The summed E-state index contributed by atoms with van der Waals surface area (Å²) in [6.45, 7) is 29.6. The Labute approximate surface area is 235 Å². The van der Waals surface area contributed by atoms with Crippen molar-refractivity contribution in [1.82, 2.24) is 4.98 Å². The van der Waals surface area contributed by atoms with Gasteiger partial charge in [0.1, 0.15) is 0 Å². The maximum absolute atomic E-state index is 4.57. The molecule has 0 spiro atoms. The van der Waals surface area contributed by atoms with Crippen LogP contribution >= 0.6 is 0 Å². The molecule has 1 fully saturated rings. The molecule has 0 radical (unpaired) electrons. The van der Waals surface area contributed by atoms with Gasteiger partial charge in [-0.2, -0.15) is 0 Å². The molecule has 38 heavy (non-hydrogen) atoms. The number of nitrogens with zero attached hydrogens (tertiary/aromatic N) is 1. The highest BCUT2D eigenvalue weighted by Gasteiger charge is 2.13. The number of hydrogen-bond donors (Lipinski definition) is 0. The molecule has 1 heterocycles. The van der Waals surface area contributed by atoms with E-state index < -0.39 is 0 Å². The third-order valence-electron chi connectivity index (χ3n) is 7.39. The van der Waals surface area contributed by atoms with Gasteiger partial charge in [0, 0.05) is 6.20 Å². The van der Waals surface area contributed by atoms with Crippen molar-refractivity contribution in [3.63, 3.8) is 0 Å². The number of hydrogen-bond acceptors (Lipinski definition) is 1. The number of benzene rings is 1. The first-order valence-electron chi connectivity index (χ1n) is 14.4. The molecule has 3 rings (SSSR count). The number of aryl methyl sites for hydroxylation is 2. The van der Waals surface area contributed by atoms with Crippen LogP contribution < -0.4 is 0 Å². The maximum atomic E-state index is 4.57. The first kappa shape index (κ1) is 33.1. The van der Waals surface area contributed by atoms with Gasteiger partial charge in [-0.25, -0.2) is 0 Å². The Morgan fingerprint density at radius 2 is 1.39 bits per heavy atom. The van der Waals surface area contributed by atoms with Crippen molar-refractivity contribution in [3.8, 4) is 0 Å². The molecule has 1 aromatic carbocycles. The molecule has 0 amide bonds. The molecule has 1 aromatic heterocycles. The van der Waals surface area contributed by atoms with E-state index in [1.165, 1.54) is 53.5 Å². The van der Waals surface area contributed by atoms with Crippen LogP contribution in [-0.2, 0) is 0 Å². The summed E-state index contributed by atoms with van der Waals surface area (Å²) >= 11 is 0. The summed E-state index contributed by atoms with van der Waals surface area (Å²) in [5, 5.41) is 0. The second kappa shape index (κ2) is 16.8. The van der Waals surface area contributed by atoms with Crippen molar-refractivity contribution in [2.75, 3.05) is 0 Å². The van der Waals surface area contributed by atoms with Crippen LogP contribution in [0.3, 0.4) is 0 Å². The fraction of sp³-hybridized carbons (Fsp3) is 0.432. The average molecular weight is 512 g/mol. The van der Waals surface area contributed by atoms with E-state index in [2.05, 4.69) is 102 Å². The Kier molecular flexibility index (Phi) is 14.6. The lowest BCUT2D eigenvalue weighted by atomic mass is 9.84. The van der Waals surface area contributed by atoms with Gasteiger partial charge in [-0.1, -0.05) is 109 Å². The summed E-state index contributed by atoms with van der Waals surface area (Å²) in [4.78, 5) is 4.57. The average Bonchev–Trinajstić information content (AvgIpc) is 2.91. The van der Waals surface area contributed by atoms with Gasteiger partial charge in [-0.3, -0.25) is 4.98 Å². The highest BCUT2D eigenvalue weighted by molar-refractivity contribution is 5.81. The van der Waals surface area contributed by atoms with Gasteiger partial charge in [0.05, 0.1) is 5.69 Å². The van der Waals surface area contributed by atoms with Crippen molar-refractivity contribution in [2.24, 2.45) is 11.8 Å². The second-order valence-corrected chi connectivity index (χ2v) is 10.8. The molecule has 2 aromatic rings. The molecular formula is C37H53N. The topological polar surface area (TPSA) is 12.9 Å². The minimum Gasteiger partial charge on any atom is -0.256 e. The fourth-order valence-electron chi connectivity index (χ4n) is 4.44. The zero-order valence-electron chi connectivity index (χ0n) is 26.0. The highest BCUT2D eigenvalue weighted by Crippen LogP contribution is 2.29. The van der Waals surface area contributed by atoms with Crippen molar-refractivity contribution >= 4 is 16.7 Å². The van der Waals surface area contributed by atoms with Gasteiger partial charge in [-0.05, 0) is 110 Å². The molecule has 1 aliphatic rings. The zero-order valence-corrected chi connectivity index (χ0v) is 26.0. The minimum atomic E-state index is 0.956. The van der Waals surface area contributed by atoms with E-state index in [0.29, 0.717) is 0 Å². The van der Waals surface area contributed by atoms with E-state index in [1.807, 2.05) is 40.0 Å². The molecule has 0 unspecified atom stereocenters. The maximum Gasteiger partial charge on any atom is 0.0659 e. The summed E-state index contributed by atoms with van der Waals surface area (Å²) < 4.78 is 0. The Morgan fingerprint density at radius 1 is 0.842 bits per heavy atom. The summed E-state index contributed by atoms with van der Waals surface area (Å²) in [6, 6.07) is 10.7. The lowest BCUT2D eigenvalue weighted by Gasteiger charge is -2.22. The molecule has 0 saturated heterocycles. The Bertz CT molecular complexity index is 1120. The standard InChI is InChI=1S/C27H31N.C8H16.C2H6/c1-9-10-26(24-12-11-19(4)20(5)16-24)23(8)21(6)15-22(7)27-14-13-25(17-28-27)18(2)3;1-7-3-5-8(2)6-4-7;1-2/h9-17H,2,6H2,1,3-5,7-8H3;7-8H,3-6H2,1-2H3;1-2H3/b10-9-,22-15+,26-23+;;. The number of rotatable bonds is 6. The van der Waals surface area contributed by atoms with Gasteiger partial charge in [0.2, 0.25) is 0 Å². The lowest BCUT2D eigenvalue weighted by molar-refractivity contribution is 0.308. The third-order valence-corrected chi connectivity index (χ3v) is 7.39. The predicted molar refractivity (Wildman–Crippen MR) is 173 cm³/mol. The minimum absolute atomic E-state index is 0.956. The Hall–Kier alpha value is -2.93. The number of aromatic nitrogens is 1. The van der Waals surface area contributed by atoms with Crippen LogP contribution in [0, 0.1) is 25.7 Å². The highest BCUT2D eigenvalue weighted by atomic mass is 14.7. The Morgan fingerprint density at radius 3 is 1.84 bits per heavy atom. The van der Waals surface area contributed by atoms with E-state index in [4.69, 9.17) is 0 Å². The van der Waals surface area contributed by atoms with Gasteiger partial charge < -0.3 is 0 Å². The van der Waals surface area contributed by atoms with Crippen LogP contribution in [0.25, 0.3) is 16.7 Å². The lowest BCUT2D eigenvalue weighted by Crippen LogP contribution is -2.08. The summed E-state index contributed by atoms with van der Waals surface area (Å²) in [5.41, 5.74) is 11.3. The van der Waals surface area contributed by atoms with Gasteiger partial charge >= 0.3 is 0 Å². The van der Waals surface area contributed by atoms with Crippen LogP contribution in [0.4, 0.5) is 0 Å². The van der Waals surface area contributed by atoms with Crippen molar-refractivity contribution in [1.29, 1.82) is 0 Å². The largest absolute Gasteiger partial charge is 0.256 e. The van der Waals surface area contributed by atoms with Gasteiger partial charge in [0.15, 0.2) is 0 Å². The Balaban J connectivity index is 0.000000607. The van der Waals surface area contributed by atoms with Crippen molar-refractivity contribution < 1.29 is 0 Å². The normalized spacial score (nSPS) is 18.0. The second-order valence-electron chi connectivity index (χ2n) is 10.8. The first-order valence-corrected chi connectivity index (χ1v) is 14.4. The van der Waals surface area contributed by atoms with E-state index in [-0.39, 0.29) is 0 Å². The van der Waals surface area contributed by atoms with E-state index in [1.54, 1.807) is 0 Å². The van der Waals surface area contributed by atoms with Crippen LogP contribution in [0.2, 0.25) is 0 Å². The van der Waals surface area contributed by atoms with Crippen LogP contribution in [-0.4, -0.2) is 4.98 Å². The van der Waals surface area contributed by atoms with Gasteiger partial charge in [0.25, 0.3) is 0 Å². The molecule has 1 nitrogen and oxygen atoms in total.